The van der Waals surface area contributed by atoms with E-state index in [9.17, 15) is 9.59 Å². The van der Waals surface area contributed by atoms with Crippen LogP contribution in [0.4, 0.5) is 0 Å². The number of piperidine rings is 1. The van der Waals surface area contributed by atoms with Gasteiger partial charge in [-0.25, -0.2) is 0 Å². The lowest BCUT2D eigenvalue weighted by molar-refractivity contribution is -0.127. The monoisotopic (exact) mass is 453 g/mol. The number of methoxy groups -OCH3 is 3. The Bertz CT molecular complexity index is 987. The molecule has 0 aromatic heterocycles. The average Bonchev–Trinajstić information content (AvgIpc) is 3.06. The van der Waals surface area contributed by atoms with Crippen LogP contribution < -0.4 is 25.3 Å². The van der Waals surface area contributed by atoms with Crippen molar-refractivity contribution in [1.82, 2.24) is 10.2 Å². The lowest BCUT2D eigenvalue weighted by atomic mass is 9.81. The molecule has 0 radical (unpaired) electrons. The summed E-state index contributed by atoms with van der Waals surface area (Å²) in [5.74, 6) is 0.234. The van der Waals surface area contributed by atoms with E-state index < -0.39 is 17.4 Å². The zero-order chi connectivity index (χ0) is 23.6. The summed E-state index contributed by atoms with van der Waals surface area (Å²) >= 11 is 0. The summed E-state index contributed by atoms with van der Waals surface area (Å²) in [6.45, 7) is 0.825. The van der Waals surface area contributed by atoms with Gasteiger partial charge in [0.15, 0.2) is 11.5 Å². The van der Waals surface area contributed by atoms with Crippen LogP contribution in [-0.4, -0.2) is 55.7 Å². The molecular weight excluding hydrogens is 422 g/mol. The molecule has 2 bridgehead atoms. The van der Waals surface area contributed by atoms with Gasteiger partial charge in [-0.05, 0) is 43.4 Å². The maximum Gasteiger partial charge on any atom is 0.252 e. The molecule has 3 N–H and O–H groups in total. The third-order valence-electron chi connectivity index (χ3n) is 6.90. The number of nitrogens with zero attached hydrogens (tertiary/aromatic N) is 1. The smallest absolute Gasteiger partial charge is 0.252 e. The molecule has 2 aromatic carbocycles. The van der Waals surface area contributed by atoms with Crippen molar-refractivity contribution in [2.24, 2.45) is 5.73 Å². The minimum Gasteiger partial charge on any atom is -0.493 e. The number of fused-ring (bicyclic) bond motifs is 2. The summed E-state index contributed by atoms with van der Waals surface area (Å²) in [7, 11) is 4.48. The molecular formula is C25H31N3O5. The SMILES string of the molecule is COc1cc(C(=O)NC2(C(N)=O)C[C@H]3CC[C@@H](C2)N3Cc2ccccc2)cc(OC)c1OC. The van der Waals surface area contributed by atoms with Gasteiger partial charge in [-0.1, -0.05) is 30.3 Å². The highest BCUT2D eigenvalue weighted by atomic mass is 16.5. The quantitative estimate of drug-likeness (QED) is 0.637. The van der Waals surface area contributed by atoms with E-state index in [0.29, 0.717) is 35.7 Å². The summed E-state index contributed by atoms with van der Waals surface area (Å²) in [4.78, 5) is 28.4. The highest BCUT2D eigenvalue weighted by Crippen LogP contribution is 2.42. The third kappa shape index (κ3) is 4.35. The first kappa shape index (κ1) is 22.9. The van der Waals surface area contributed by atoms with Gasteiger partial charge in [0.25, 0.3) is 5.91 Å². The molecule has 2 heterocycles. The molecule has 1 unspecified atom stereocenters. The maximum atomic E-state index is 13.3. The van der Waals surface area contributed by atoms with Crippen LogP contribution in [-0.2, 0) is 11.3 Å². The van der Waals surface area contributed by atoms with Gasteiger partial charge in [-0.15, -0.1) is 0 Å². The number of carbonyl (C=O) groups is 2. The van der Waals surface area contributed by atoms with E-state index in [2.05, 4.69) is 22.3 Å². The minimum atomic E-state index is -1.10. The first-order chi connectivity index (χ1) is 15.9. The first-order valence-corrected chi connectivity index (χ1v) is 11.1. The van der Waals surface area contributed by atoms with Crippen LogP contribution in [0.3, 0.4) is 0 Å². The second-order valence-electron chi connectivity index (χ2n) is 8.77. The van der Waals surface area contributed by atoms with Crippen LogP contribution in [0.5, 0.6) is 17.2 Å². The highest BCUT2D eigenvalue weighted by molar-refractivity contribution is 6.00. The summed E-state index contributed by atoms with van der Waals surface area (Å²) < 4.78 is 16.1. The van der Waals surface area contributed by atoms with Crippen molar-refractivity contribution in [1.29, 1.82) is 0 Å². The lowest BCUT2D eigenvalue weighted by Crippen LogP contribution is -2.64. The summed E-state index contributed by atoms with van der Waals surface area (Å²) in [6.07, 6.45) is 2.93. The van der Waals surface area contributed by atoms with Gasteiger partial charge in [0.1, 0.15) is 5.54 Å². The predicted octanol–water partition coefficient (Wildman–Crippen LogP) is 2.49. The maximum absolute atomic E-state index is 13.3. The molecule has 3 atom stereocenters. The fraction of sp³-hybridized carbons (Fsp3) is 0.440. The topological polar surface area (TPSA) is 103 Å². The van der Waals surface area contributed by atoms with Gasteiger partial charge in [0.05, 0.1) is 21.3 Å². The Morgan fingerprint density at radius 3 is 2.06 bits per heavy atom. The molecule has 0 saturated carbocycles. The van der Waals surface area contributed by atoms with Gasteiger partial charge in [0.2, 0.25) is 11.7 Å². The van der Waals surface area contributed by atoms with Gasteiger partial charge >= 0.3 is 0 Å². The number of primary amides is 1. The number of rotatable bonds is 8. The Balaban J connectivity index is 1.57. The second-order valence-corrected chi connectivity index (χ2v) is 8.77. The van der Waals surface area contributed by atoms with Gasteiger partial charge in [0, 0.05) is 24.2 Å². The number of nitrogens with two attached hydrogens (primary N) is 1. The number of hydrogen-bond donors (Lipinski definition) is 2. The zero-order valence-corrected chi connectivity index (χ0v) is 19.3. The average molecular weight is 454 g/mol. The second kappa shape index (κ2) is 9.31. The predicted molar refractivity (Wildman–Crippen MR) is 124 cm³/mol. The molecule has 2 amide bonds. The molecule has 8 heteroatoms. The van der Waals surface area contributed by atoms with Crippen LogP contribution in [0.2, 0.25) is 0 Å². The molecule has 2 aromatic rings. The summed E-state index contributed by atoms with van der Waals surface area (Å²) in [6, 6.07) is 13.8. The van der Waals surface area contributed by atoms with E-state index in [1.165, 1.54) is 26.9 Å². The fourth-order valence-corrected chi connectivity index (χ4v) is 5.26. The summed E-state index contributed by atoms with van der Waals surface area (Å²) in [5.41, 5.74) is 6.34. The fourth-order valence-electron chi connectivity index (χ4n) is 5.26. The highest BCUT2D eigenvalue weighted by Gasteiger charge is 2.52. The van der Waals surface area contributed by atoms with Crippen molar-refractivity contribution < 1.29 is 23.8 Å². The minimum absolute atomic E-state index is 0.177. The largest absolute Gasteiger partial charge is 0.493 e. The normalized spacial score (nSPS) is 24.2. The van der Waals surface area contributed by atoms with E-state index in [0.717, 1.165) is 19.4 Å². The number of benzene rings is 2. The molecule has 4 rings (SSSR count). The number of ether oxygens (including phenoxy) is 3. The van der Waals surface area contributed by atoms with Crippen molar-refractivity contribution in [3.8, 4) is 17.2 Å². The molecule has 0 aliphatic carbocycles. The zero-order valence-electron chi connectivity index (χ0n) is 19.3. The van der Waals surface area contributed by atoms with E-state index in [4.69, 9.17) is 19.9 Å². The molecule has 0 spiro atoms. The number of nitrogens with one attached hydrogen (secondary N) is 1. The Morgan fingerprint density at radius 1 is 1.00 bits per heavy atom. The molecule has 33 heavy (non-hydrogen) atoms. The van der Waals surface area contributed by atoms with Crippen molar-refractivity contribution >= 4 is 11.8 Å². The third-order valence-corrected chi connectivity index (χ3v) is 6.90. The molecule has 2 aliphatic rings. The molecule has 8 nitrogen and oxygen atoms in total. The first-order valence-electron chi connectivity index (χ1n) is 11.1. The Hall–Kier alpha value is -3.26. The Kier molecular flexibility index (Phi) is 6.47. The number of hydrogen-bond acceptors (Lipinski definition) is 6. The van der Waals surface area contributed by atoms with E-state index in [-0.39, 0.29) is 12.1 Å². The molecule has 2 aliphatic heterocycles. The van der Waals surface area contributed by atoms with Crippen LogP contribution in [0.25, 0.3) is 0 Å². The van der Waals surface area contributed by atoms with E-state index in [1.54, 1.807) is 12.1 Å². The number of carbonyl (C=O) groups excluding carboxylic acids is 2. The van der Waals surface area contributed by atoms with Crippen molar-refractivity contribution in [2.45, 2.75) is 49.9 Å². The standard InChI is InChI=1S/C25H31N3O5/c1-31-20-11-17(12-21(32-2)22(20)33-3)23(29)27-25(24(26)30)13-18-9-10-19(14-25)28(18)15-16-7-5-4-6-8-16/h4-8,11-12,18-19H,9-10,13-15H2,1-3H3,(H2,26,30)(H,27,29)/t18-,19+,25?. The Labute approximate surface area is 194 Å². The number of amides is 2. The van der Waals surface area contributed by atoms with Gasteiger partial charge in [-0.2, -0.15) is 0 Å². The molecule has 2 fully saturated rings. The van der Waals surface area contributed by atoms with Crippen molar-refractivity contribution in [3.05, 3.63) is 53.6 Å². The van der Waals surface area contributed by atoms with Gasteiger partial charge in [-0.3, -0.25) is 14.5 Å². The van der Waals surface area contributed by atoms with Crippen LogP contribution >= 0.6 is 0 Å². The van der Waals surface area contributed by atoms with Crippen LogP contribution in [0.1, 0.15) is 41.6 Å². The van der Waals surface area contributed by atoms with E-state index in [1.807, 2.05) is 18.2 Å². The summed E-state index contributed by atoms with van der Waals surface area (Å²) in [5, 5.41) is 2.98. The van der Waals surface area contributed by atoms with E-state index >= 15 is 0 Å². The molecule has 2 saturated heterocycles. The molecule has 176 valence electrons. The van der Waals surface area contributed by atoms with Gasteiger partial charge < -0.3 is 25.3 Å². The lowest BCUT2D eigenvalue weighted by Gasteiger charge is -2.45. The Morgan fingerprint density at radius 2 is 1.58 bits per heavy atom. The van der Waals surface area contributed by atoms with Crippen LogP contribution in [0.15, 0.2) is 42.5 Å². The van der Waals surface area contributed by atoms with Crippen molar-refractivity contribution in [2.75, 3.05) is 21.3 Å². The van der Waals surface area contributed by atoms with Crippen molar-refractivity contribution in [3.63, 3.8) is 0 Å². The van der Waals surface area contributed by atoms with Crippen LogP contribution in [0, 0.1) is 0 Å².